The monoisotopic (exact) mass is 214 g/mol. The zero-order valence-corrected chi connectivity index (χ0v) is 9.01. The molecule has 0 amide bonds. The third-order valence-electron chi connectivity index (χ3n) is 2.06. The summed E-state index contributed by atoms with van der Waals surface area (Å²) in [7, 11) is 0. The van der Waals surface area contributed by atoms with Crippen LogP contribution in [0.5, 0.6) is 0 Å². The van der Waals surface area contributed by atoms with Crippen molar-refractivity contribution in [3.8, 4) is 0 Å². The van der Waals surface area contributed by atoms with Gasteiger partial charge in [-0.15, -0.1) is 0 Å². The molecule has 78 valence electrons. The Morgan fingerprint density at radius 3 is 3.07 bits per heavy atom. The molecular weight excluding hydrogens is 200 g/mol. The number of allylic oxidation sites excluding steroid dienone is 1. The van der Waals surface area contributed by atoms with Gasteiger partial charge in [0.05, 0.1) is 0 Å². The lowest BCUT2D eigenvalue weighted by Crippen LogP contribution is -2.16. The molecule has 0 heterocycles. The van der Waals surface area contributed by atoms with Crippen molar-refractivity contribution in [3.05, 3.63) is 12.2 Å². The first-order valence-corrected chi connectivity index (χ1v) is 5.88. The summed E-state index contributed by atoms with van der Waals surface area (Å²) < 4.78 is 5.11. The molecule has 14 heavy (non-hydrogen) atoms. The molecule has 1 unspecified atom stereocenters. The van der Waals surface area contributed by atoms with Gasteiger partial charge in [0.15, 0.2) is 0 Å². The molecule has 1 rings (SSSR count). The Kier molecular flexibility index (Phi) is 4.73. The van der Waals surface area contributed by atoms with Crippen molar-refractivity contribution in [1.29, 1.82) is 0 Å². The molecular formula is C10H14O3S. The van der Waals surface area contributed by atoms with E-state index in [0.29, 0.717) is 19.3 Å². The number of hydrogen-bond acceptors (Lipinski definition) is 4. The van der Waals surface area contributed by atoms with E-state index < -0.39 is 0 Å². The van der Waals surface area contributed by atoms with Crippen molar-refractivity contribution >= 4 is 22.8 Å². The lowest BCUT2D eigenvalue weighted by molar-refractivity contribution is -0.119. The number of hydrogen-bond donors (Lipinski definition) is 0. The molecule has 0 bridgehead atoms. The molecule has 0 saturated heterocycles. The maximum absolute atomic E-state index is 11.2. The van der Waals surface area contributed by atoms with E-state index in [1.165, 1.54) is 0 Å². The van der Waals surface area contributed by atoms with Gasteiger partial charge in [0.1, 0.15) is 11.9 Å². The minimum Gasteiger partial charge on any atom is -0.450 e. The highest BCUT2D eigenvalue weighted by Crippen LogP contribution is 2.14. The molecule has 4 heteroatoms. The van der Waals surface area contributed by atoms with Crippen LogP contribution in [0.15, 0.2) is 12.2 Å². The van der Waals surface area contributed by atoms with Gasteiger partial charge in [-0.25, -0.2) is 4.79 Å². The Balaban J connectivity index is 2.46. The second-order valence-electron chi connectivity index (χ2n) is 3.15. The summed E-state index contributed by atoms with van der Waals surface area (Å²) in [6, 6.07) is 0. The standard InChI is InChI=1S/C10H14O3S/c1-14-10(12)13-9-5-3-2-4-8(11)6-7-9/h3,5,9H,2,4,6-7H2,1H3/b5-3+. The van der Waals surface area contributed by atoms with Crippen LogP contribution in [0.3, 0.4) is 0 Å². The second kappa shape index (κ2) is 5.86. The predicted molar refractivity (Wildman–Crippen MR) is 56.4 cm³/mol. The van der Waals surface area contributed by atoms with Crippen LogP contribution in [0.1, 0.15) is 25.7 Å². The largest absolute Gasteiger partial charge is 0.450 e. The number of carbonyl (C=O) groups is 2. The van der Waals surface area contributed by atoms with Crippen molar-refractivity contribution in [2.24, 2.45) is 0 Å². The van der Waals surface area contributed by atoms with Gasteiger partial charge in [-0.1, -0.05) is 6.08 Å². The van der Waals surface area contributed by atoms with Gasteiger partial charge in [0, 0.05) is 12.8 Å². The summed E-state index contributed by atoms with van der Waals surface area (Å²) in [6.07, 6.45) is 7.74. The molecule has 0 aromatic rings. The fourth-order valence-corrected chi connectivity index (χ4v) is 1.51. The number of thioether (sulfide) groups is 1. The first-order chi connectivity index (χ1) is 6.72. The van der Waals surface area contributed by atoms with E-state index in [2.05, 4.69) is 0 Å². The molecule has 1 atom stereocenters. The SMILES string of the molecule is CSC(=O)OC1/C=C/CCC(=O)CC1. The Morgan fingerprint density at radius 1 is 1.57 bits per heavy atom. The van der Waals surface area contributed by atoms with Gasteiger partial charge in [-0.3, -0.25) is 4.79 Å². The Bertz CT molecular complexity index is 248. The quantitative estimate of drug-likeness (QED) is 0.497. The summed E-state index contributed by atoms with van der Waals surface area (Å²) in [5, 5.41) is -0.285. The number of ether oxygens (including phenoxy) is 1. The Hall–Kier alpha value is -0.770. The normalized spacial score (nSPS) is 24.9. The zero-order valence-electron chi connectivity index (χ0n) is 8.19. The first-order valence-electron chi connectivity index (χ1n) is 4.65. The van der Waals surface area contributed by atoms with Crippen molar-refractivity contribution in [1.82, 2.24) is 0 Å². The highest BCUT2D eigenvalue weighted by molar-refractivity contribution is 8.12. The second-order valence-corrected chi connectivity index (χ2v) is 3.90. The molecule has 0 aromatic heterocycles. The maximum Gasteiger partial charge on any atom is 0.367 e. The average Bonchev–Trinajstić information content (AvgIpc) is 2.16. The number of rotatable bonds is 1. The van der Waals surface area contributed by atoms with Crippen molar-refractivity contribution in [2.45, 2.75) is 31.8 Å². The van der Waals surface area contributed by atoms with Crippen LogP contribution in [0.4, 0.5) is 4.79 Å². The average molecular weight is 214 g/mol. The van der Waals surface area contributed by atoms with Crippen LogP contribution >= 0.6 is 11.8 Å². The molecule has 0 radical (unpaired) electrons. The molecule has 0 aliphatic heterocycles. The van der Waals surface area contributed by atoms with Crippen LogP contribution in [0.25, 0.3) is 0 Å². The first kappa shape index (κ1) is 11.3. The third-order valence-corrected chi connectivity index (χ3v) is 2.49. The molecule has 0 aromatic carbocycles. The van der Waals surface area contributed by atoms with Gasteiger partial charge in [-0.05, 0) is 36.9 Å². The van der Waals surface area contributed by atoms with Gasteiger partial charge in [-0.2, -0.15) is 0 Å². The van der Waals surface area contributed by atoms with Crippen molar-refractivity contribution in [3.63, 3.8) is 0 Å². The summed E-state index contributed by atoms with van der Waals surface area (Å²) in [5.74, 6) is 0.250. The molecule has 0 saturated carbocycles. The third kappa shape index (κ3) is 3.96. The minimum absolute atomic E-state index is 0.223. The van der Waals surface area contributed by atoms with Crippen molar-refractivity contribution < 1.29 is 14.3 Å². The fourth-order valence-electron chi connectivity index (χ4n) is 1.29. The van der Waals surface area contributed by atoms with Gasteiger partial charge < -0.3 is 4.74 Å². The van der Waals surface area contributed by atoms with E-state index in [1.54, 1.807) is 6.26 Å². The van der Waals surface area contributed by atoms with E-state index in [-0.39, 0.29) is 17.2 Å². The highest BCUT2D eigenvalue weighted by Gasteiger charge is 2.14. The predicted octanol–water partition coefficient (Wildman–Crippen LogP) is 2.55. The lowest BCUT2D eigenvalue weighted by atomic mass is 10.0. The molecule has 0 fully saturated rings. The smallest absolute Gasteiger partial charge is 0.367 e. The summed E-state index contributed by atoms with van der Waals surface area (Å²) in [5.41, 5.74) is 0. The summed E-state index contributed by atoms with van der Waals surface area (Å²) in [6.45, 7) is 0. The van der Waals surface area contributed by atoms with Crippen molar-refractivity contribution in [2.75, 3.05) is 6.26 Å². The minimum atomic E-state index is -0.285. The van der Waals surface area contributed by atoms with Crippen LogP contribution in [0.2, 0.25) is 0 Å². The maximum atomic E-state index is 11.2. The van der Waals surface area contributed by atoms with E-state index in [4.69, 9.17) is 4.74 Å². The van der Waals surface area contributed by atoms with Crippen LogP contribution in [0, 0.1) is 0 Å². The summed E-state index contributed by atoms with van der Waals surface area (Å²) in [4.78, 5) is 22.1. The van der Waals surface area contributed by atoms with E-state index in [9.17, 15) is 9.59 Å². The Morgan fingerprint density at radius 2 is 2.36 bits per heavy atom. The highest BCUT2D eigenvalue weighted by atomic mass is 32.2. The van der Waals surface area contributed by atoms with E-state index in [0.717, 1.165) is 18.2 Å². The van der Waals surface area contributed by atoms with Gasteiger partial charge in [0.25, 0.3) is 0 Å². The number of carbonyl (C=O) groups excluding carboxylic acids is 2. The molecule has 0 N–H and O–H groups in total. The zero-order chi connectivity index (χ0) is 10.4. The molecule has 0 spiro atoms. The Labute approximate surface area is 87.9 Å². The summed E-state index contributed by atoms with van der Waals surface area (Å²) >= 11 is 1.05. The van der Waals surface area contributed by atoms with Gasteiger partial charge in [0.2, 0.25) is 0 Å². The topological polar surface area (TPSA) is 43.4 Å². The fraction of sp³-hybridized carbons (Fsp3) is 0.600. The van der Waals surface area contributed by atoms with Crippen LogP contribution in [-0.4, -0.2) is 23.4 Å². The van der Waals surface area contributed by atoms with E-state index >= 15 is 0 Å². The molecule has 3 nitrogen and oxygen atoms in total. The van der Waals surface area contributed by atoms with E-state index in [1.807, 2.05) is 12.2 Å². The molecule has 1 aliphatic rings. The lowest BCUT2D eigenvalue weighted by Gasteiger charge is -2.14. The number of ketones is 1. The molecule has 1 aliphatic carbocycles. The van der Waals surface area contributed by atoms with Gasteiger partial charge >= 0.3 is 5.30 Å². The van der Waals surface area contributed by atoms with Crippen LogP contribution in [-0.2, 0) is 9.53 Å². The van der Waals surface area contributed by atoms with Crippen LogP contribution < -0.4 is 0 Å². The number of Topliss-reactive ketones (excluding diaryl/α,β-unsaturated/α-hetero) is 1.